The molecule has 1 amide bonds. The summed E-state index contributed by atoms with van der Waals surface area (Å²) in [5.41, 5.74) is 7.24. The number of carbonyl (C=O) groups is 1. The Hall–Kier alpha value is -1.35. The quantitative estimate of drug-likeness (QED) is 0.885. The number of rotatable bonds is 5. The van der Waals surface area contributed by atoms with Gasteiger partial charge in [-0.05, 0) is 24.8 Å². The first kappa shape index (κ1) is 14.1. The monoisotopic (exact) mass is 260 g/mol. The van der Waals surface area contributed by atoms with Crippen LogP contribution in [0, 0.1) is 0 Å². The van der Waals surface area contributed by atoms with Crippen LogP contribution in [0.15, 0.2) is 30.3 Å². The third-order valence-corrected chi connectivity index (χ3v) is 3.85. The van der Waals surface area contributed by atoms with Crippen LogP contribution in [0.25, 0.3) is 0 Å². The second kappa shape index (κ2) is 6.71. The molecule has 2 N–H and O–H groups in total. The van der Waals surface area contributed by atoms with Gasteiger partial charge < -0.3 is 10.6 Å². The first-order valence-electron chi connectivity index (χ1n) is 7.32. The number of hydrogen-bond acceptors (Lipinski definition) is 2. The maximum atomic E-state index is 12.4. The first-order chi connectivity index (χ1) is 9.22. The van der Waals surface area contributed by atoms with Gasteiger partial charge in [0.15, 0.2) is 0 Å². The van der Waals surface area contributed by atoms with Crippen LogP contribution in [-0.2, 0) is 4.79 Å². The van der Waals surface area contributed by atoms with Crippen molar-refractivity contribution < 1.29 is 4.79 Å². The Morgan fingerprint density at radius 3 is 2.84 bits per heavy atom. The van der Waals surface area contributed by atoms with Crippen molar-refractivity contribution in [2.24, 2.45) is 5.73 Å². The predicted molar refractivity (Wildman–Crippen MR) is 77.6 cm³/mol. The molecule has 2 rings (SSSR count). The number of hydrogen-bond donors (Lipinski definition) is 1. The summed E-state index contributed by atoms with van der Waals surface area (Å²) in [6.07, 6.45) is 4.61. The molecule has 3 nitrogen and oxygen atoms in total. The SMILES string of the molecule is CCCC(N)CC(=O)N1CCCC1c1ccccc1. The lowest BCUT2D eigenvalue weighted by atomic mass is 10.0. The lowest BCUT2D eigenvalue weighted by molar-refractivity contribution is -0.132. The molecule has 19 heavy (non-hydrogen) atoms. The lowest BCUT2D eigenvalue weighted by Crippen LogP contribution is -2.35. The van der Waals surface area contributed by atoms with Crippen LogP contribution >= 0.6 is 0 Å². The van der Waals surface area contributed by atoms with Crippen molar-refractivity contribution in [2.75, 3.05) is 6.54 Å². The maximum Gasteiger partial charge on any atom is 0.224 e. The summed E-state index contributed by atoms with van der Waals surface area (Å²) < 4.78 is 0. The smallest absolute Gasteiger partial charge is 0.224 e. The third-order valence-electron chi connectivity index (χ3n) is 3.85. The minimum Gasteiger partial charge on any atom is -0.336 e. The highest BCUT2D eigenvalue weighted by Crippen LogP contribution is 2.32. The first-order valence-corrected chi connectivity index (χ1v) is 7.32. The summed E-state index contributed by atoms with van der Waals surface area (Å²) >= 11 is 0. The molecule has 1 aliphatic heterocycles. The molecular formula is C16H24N2O. The van der Waals surface area contributed by atoms with E-state index in [9.17, 15) is 4.79 Å². The van der Waals surface area contributed by atoms with E-state index < -0.39 is 0 Å². The summed E-state index contributed by atoms with van der Waals surface area (Å²) in [7, 11) is 0. The fraction of sp³-hybridized carbons (Fsp3) is 0.562. The van der Waals surface area contributed by atoms with Gasteiger partial charge in [-0.3, -0.25) is 4.79 Å². The highest BCUT2D eigenvalue weighted by Gasteiger charge is 2.30. The van der Waals surface area contributed by atoms with Gasteiger partial charge >= 0.3 is 0 Å². The summed E-state index contributed by atoms with van der Waals surface area (Å²) in [5, 5.41) is 0. The van der Waals surface area contributed by atoms with Gasteiger partial charge in [0.05, 0.1) is 6.04 Å². The Kier molecular flexibility index (Phi) is 4.97. The van der Waals surface area contributed by atoms with Crippen LogP contribution in [0.1, 0.15) is 50.6 Å². The van der Waals surface area contributed by atoms with E-state index in [2.05, 4.69) is 19.1 Å². The average molecular weight is 260 g/mol. The van der Waals surface area contributed by atoms with Gasteiger partial charge in [-0.1, -0.05) is 43.7 Å². The molecule has 1 aliphatic rings. The zero-order valence-corrected chi connectivity index (χ0v) is 11.7. The predicted octanol–water partition coefficient (Wildman–Crippen LogP) is 2.87. The zero-order valence-electron chi connectivity index (χ0n) is 11.7. The van der Waals surface area contributed by atoms with E-state index in [1.807, 2.05) is 23.1 Å². The highest BCUT2D eigenvalue weighted by atomic mass is 16.2. The van der Waals surface area contributed by atoms with Crippen LogP contribution < -0.4 is 5.73 Å². The number of nitrogens with two attached hydrogens (primary N) is 1. The van der Waals surface area contributed by atoms with E-state index in [1.54, 1.807) is 0 Å². The fourth-order valence-electron chi connectivity index (χ4n) is 2.90. The molecule has 2 atom stereocenters. The number of nitrogens with zero attached hydrogens (tertiary/aromatic N) is 1. The molecule has 1 aromatic rings. The van der Waals surface area contributed by atoms with Crippen LogP contribution in [0.3, 0.4) is 0 Å². The van der Waals surface area contributed by atoms with Crippen molar-refractivity contribution in [2.45, 2.75) is 51.1 Å². The van der Waals surface area contributed by atoms with Crippen molar-refractivity contribution in [3.8, 4) is 0 Å². The molecule has 3 heteroatoms. The number of carbonyl (C=O) groups excluding carboxylic acids is 1. The van der Waals surface area contributed by atoms with Crippen molar-refractivity contribution in [3.05, 3.63) is 35.9 Å². The Morgan fingerprint density at radius 2 is 2.16 bits per heavy atom. The summed E-state index contributed by atoms with van der Waals surface area (Å²) in [5.74, 6) is 0.215. The third kappa shape index (κ3) is 3.57. The highest BCUT2D eigenvalue weighted by molar-refractivity contribution is 5.77. The maximum absolute atomic E-state index is 12.4. The summed E-state index contributed by atoms with van der Waals surface area (Å²) in [4.78, 5) is 14.4. The Labute approximate surface area is 115 Å². The van der Waals surface area contributed by atoms with E-state index in [4.69, 9.17) is 5.73 Å². The standard InChI is InChI=1S/C16H24N2O/c1-2-7-14(17)12-16(19)18-11-6-10-15(18)13-8-4-3-5-9-13/h3-5,8-9,14-15H,2,6-7,10-12,17H2,1H3. The van der Waals surface area contributed by atoms with E-state index in [0.717, 1.165) is 32.2 Å². The van der Waals surface area contributed by atoms with Gasteiger partial charge in [0.1, 0.15) is 0 Å². The van der Waals surface area contributed by atoms with Gasteiger partial charge in [0.2, 0.25) is 5.91 Å². The molecule has 1 fully saturated rings. The number of likely N-dealkylation sites (tertiary alicyclic amines) is 1. The molecule has 1 saturated heterocycles. The van der Waals surface area contributed by atoms with Gasteiger partial charge in [0, 0.05) is 19.0 Å². The van der Waals surface area contributed by atoms with Crippen LogP contribution in [0.5, 0.6) is 0 Å². The largest absolute Gasteiger partial charge is 0.336 e. The second-order valence-corrected chi connectivity index (χ2v) is 5.41. The number of benzene rings is 1. The van der Waals surface area contributed by atoms with Gasteiger partial charge in [-0.25, -0.2) is 0 Å². The Balaban J connectivity index is 2.01. The van der Waals surface area contributed by atoms with Crippen LogP contribution in [0.2, 0.25) is 0 Å². The molecule has 0 saturated carbocycles. The Morgan fingerprint density at radius 1 is 1.42 bits per heavy atom. The van der Waals surface area contributed by atoms with E-state index in [-0.39, 0.29) is 18.0 Å². The molecule has 0 spiro atoms. The number of amides is 1. The molecule has 0 aliphatic carbocycles. The normalized spacial score (nSPS) is 20.5. The van der Waals surface area contributed by atoms with Gasteiger partial charge in [-0.15, -0.1) is 0 Å². The van der Waals surface area contributed by atoms with Gasteiger partial charge in [-0.2, -0.15) is 0 Å². The summed E-state index contributed by atoms with van der Waals surface area (Å²) in [6, 6.07) is 10.6. The van der Waals surface area contributed by atoms with Crippen molar-refractivity contribution in [1.82, 2.24) is 4.90 Å². The van der Waals surface area contributed by atoms with E-state index >= 15 is 0 Å². The minimum absolute atomic E-state index is 0.00882. The fourth-order valence-corrected chi connectivity index (χ4v) is 2.90. The van der Waals surface area contributed by atoms with Crippen LogP contribution in [-0.4, -0.2) is 23.4 Å². The molecule has 104 valence electrons. The average Bonchev–Trinajstić information content (AvgIpc) is 2.89. The minimum atomic E-state index is 0.00882. The molecule has 1 heterocycles. The molecule has 0 aromatic heterocycles. The van der Waals surface area contributed by atoms with E-state index in [1.165, 1.54) is 5.56 Å². The molecule has 2 unspecified atom stereocenters. The van der Waals surface area contributed by atoms with Crippen molar-refractivity contribution in [1.29, 1.82) is 0 Å². The molecule has 0 radical (unpaired) electrons. The molecule has 1 aromatic carbocycles. The second-order valence-electron chi connectivity index (χ2n) is 5.41. The lowest BCUT2D eigenvalue weighted by Gasteiger charge is -2.26. The summed E-state index contributed by atoms with van der Waals surface area (Å²) in [6.45, 7) is 2.98. The zero-order chi connectivity index (χ0) is 13.7. The Bertz CT molecular complexity index is 404. The van der Waals surface area contributed by atoms with Crippen molar-refractivity contribution in [3.63, 3.8) is 0 Å². The van der Waals surface area contributed by atoms with Gasteiger partial charge in [0.25, 0.3) is 0 Å². The van der Waals surface area contributed by atoms with Crippen LogP contribution in [0.4, 0.5) is 0 Å². The van der Waals surface area contributed by atoms with Crippen molar-refractivity contribution >= 4 is 5.91 Å². The topological polar surface area (TPSA) is 46.3 Å². The van der Waals surface area contributed by atoms with E-state index in [0.29, 0.717) is 6.42 Å². The molecule has 0 bridgehead atoms. The molecular weight excluding hydrogens is 236 g/mol.